The van der Waals surface area contributed by atoms with E-state index in [1.54, 1.807) is 0 Å². The van der Waals surface area contributed by atoms with Crippen LogP contribution in [0.4, 0.5) is 5.69 Å². The second kappa shape index (κ2) is 10.2. The van der Waals surface area contributed by atoms with E-state index >= 15 is 0 Å². The van der Waals surface area contributed by atoms with Crippen molar-refractivity contribution in [3.05, 3.63) is 83.4 Å². The van der Waals surface area contributed by atoms with Crippen LogP contribution in [0.2, 0.25) is 0 Å². The van der Waals surface area contributed by atoms with E-state index in [-0.39, 0.29) is 0 Å². The van der Waals surface area contributed by atoms with Gasteiger partial charge in [0.2, 0.25) is 0 Å². The summed E-state index contributed by atoms with van der Waals surface area (Å²) in [6.07, 6.45) is 7.66. The maximum Gasteiger partial charge on any atom is 0.173 e. The van der Waals surface area contributed by atoms with E-state index < -0.39 is 0 Å². The first-order valence-corrected chi connectivity index (χ1v) is 10.6. The Morgan fingerprint density at radius 3 is 2.55 bits per heavy atom. The molecule has 0 saturated carbocycles. The number of aromatic nitrogens is 2. The van der Waals surface area contributed by atoms with Gasteiger partial charge in [0.1, 0.15) is 0 Å². The molecule has 29 heavy (non-hydrogen) atoms. The first kappa shape index (κ1) is 21.1. The number of aryl methyl sites for hydroxylation is 4. The quantitative estimate of drug-likeness (QED) is 0.511. The monoisotopic (exact) mass is 406 g/mol. The Hall–Kier alpha value is -2.66. The molecule has 0 saturated heterocycles. The molecule has 5 heteroatoms. The van der Waals surface area contributed by atoms with E-state index in [4.69, 9.17) is 12.2 Å². The number of hydrogen-bond acceptors (Lipinski definition) is 2. The molecule has 152 valence electrons. The van der Waals surface area contributed by atoms with Crippen LogP contribution in [0, 0.1) is 13.8 Å². The predicted octanol–water partition coefficient (Wildman–Crippen LogP) is 5.35. The molecular weight excluding hydrogens is 376 g/mol. The van der Waals surface area contributed by atoms with Crippen molar-refractivity contribution in [2.75, 3.05) is 11.9 Å². The highest BCUT2D eigenvalue weighted by atomic mass is 32.1. The van der Waals surface area contributed by atoms with Crippen molar-refractivity contribution in [2.45, 2.75) is 46.7 Å². The molecule has 3 rings (SSSR count). The number of thiocarbonyl (C=S) groups is 1. The van der Waals surface area contributed by atoms with Crippen LogP contribution in [0.1, 0.15) is 35.6 Å². The average Bonchev–Trinajstić information content (AvgIpc) is 3.23. The van der Waals surface area contributed by atoms with Gasteiger partial charge in [-0.1, -0.05) is 49.4 Å². The van der Waals surface area contributed by atoms with Gasteiger partial charge in [-0.05, 0) is 61.2 Å². The van der Waals surface area contributed by atoms with Crippen LogP contribution in [-0.4, -0.2) is 26.1 Å². The molecule has 0 fully saturated rings. The fraction of sp³-hybridized carbons (Fsp3) is 0.333. The highest BCUT2D eigenvalue weighted by Gasteiger charge is 2.14. The van der Waals surface area contributed by atoms with Gasteiger partial charge in [0.05, 0.1) is 6.33 Å². The normalized spacial score (nSPS) is 10.7. The number of anilines is 1. The van der Waals surface area contributed by atoms with E-state index in [0.717, 1.165) is 43.3 Å². The molecule has 4 nitrogen and oxygen atoms in total. The molecule has 0 unspecified atom stereocenters. The lowest BCUT2D eigenvalue weighted by Crippen LogP contribution is -2.36. The number of imidazole rings is 1. The summed E-state index contributed by atoms with van der Waals surface area (Å²) >= 11 is 5.88. The van der Waals surface area contributed by atoms with Gasteiger partial charge in [-0.2, -0.15) is 0 Å². The number of benzene rings is 2. The van der Waals surface area contributed by atoms with Crippen LogP contribution in [-0.2, 0) is 19.5 Å². The summed E-state index contributed by atoms with van der Waals surface area (Å²) in [5.74, 6) is 0. The Bertz CT molecular complexity index is 934. The lowest BCUT2D eigenvalue weighted by atomic mass is 10.1. The summed E-state index contributed by atoms with van der Waals surface area (Å²) in [5, 5.41) is 4.33. The molecule has 3 aromatic rings. The number of para-hydroxylation sites is 1. The average molecular weight is 407 g/mol. The van der Waals surface area contributed by atoms with E-state index in [1.807, 2.05) is 18.7 Å². The maximum absolute atomic E-state index is 5.88. The molecule has 0 bridgehead atoms. The van der Waals surface area contributed by atoms with Gasteiger partial charge >= 0.3 is 0 Å². The third-order valence-corrected chi connectivity index (χ3v) is 5.65. The topological polar surface area (TPSA) is 33.1 Å². The van der Waals surface area contributed by atoms with Gasteiger partial charge in [-0.15, -0.1) is 0 Å². The first-order chi connectivity index (χ1) is 14.1. The maximum atomic E-state index is 5.88. The van der Waals surface area contributed by atoms with Crippen molar-refractivity contribution in [3.8, 4) is 0 Å². The van der Waals surface area contributed by atoms with Crippen LogP contribution in [0.25, 0.3) is 0 Å². The zero-order valence-electron chi connectivity index (χ0n) is 17.6. The Morgan fingerprint density at radius 1 is 1.07 bits per heavy atom. The Morgan fingerprint density at radius 2 is 1.83 bits per heavy atom. The van der Waals surface area contributed by atoms with Crippen molar-refractivity contribution in [1.29, 1.82) is 0 Å². The minimum atomic E-state index is 0.780. The van der Waals surface area contributed by atoms with Gasteiger partial charge < -0.3 is 14.8 Å². The fourth-order valence-corrected chi connectivity index (χ4v) is 3.75. The molecule has 1 N–H and O–H groups in total. The fourth-order valence-electron chi connectivity index (χ4n) is 3.50. The van der Waals surface area contributed by atoms with Crippen molar-refractivity contribution >= 4 is 23.0 Å². The Kier molecular flexibility index (Phi) is 7.42. The zero-order valence-corrected chi connectivity index (χ0v) is 18.4. The van der Waals surface area contributed by atoms with E-state index in [9.17, 15) is 0 Å². The minimum absolute atomic E-state index is 0.780. The van der Waals surface area contributed by atoms with E-state index in [1.165, 1.54) is 22.3 Å². The predicted molar refractivity (Wildman–Crippen MR) is 125 cm³/mol. The van der Waals surface area contributed by atoms with Crippen molar-refractivity contribution < 1.29 is 0 Å². The molecular formula is C24H30N4S. The minimum Gasteiger partial charge on any atom is -0.345 e. The summed E-state index contributed by atoms with van der Waals surface area (Å²) in [6.45, 7) is 9.08. The number of rotatable bonds is 8. The van der Waals surface area contributed by atoms with Gasteiger partial charge in [-0.3, -0.25) is 0 Å². The second-order valence-electron chi connectivity index (χ2n) is 7.39. The van der Waals surface area contributed by atoms with E-state index in [2.05, 4.69) is 83.0 Å². The summed E-state index contributed by atoms with van der Waals surface area (Å²) in [4.78, 5) is 6.41. The molecule has 0 aliphatic rings. The van der Waals surface area contributed by atoms with Crippen LogP contribution < -0.4 is 5.32 Å². The lowest BCUT2D eigenvalue weighted by Gasteiger charge is -2.28. The van der Waals surface area contributed by atoms with Gasteiger partial charge in [0.15, 0.2) is 5.11 Å². The molecule has 2 aromatic carbocycles. The highest BCUT2D eigenvalue weighted by molar-refractivity contribution is 7.80. The van der Waals surface area contributed by atoms with Crippen LogP contribution >= 0.6 is 12.2 Å². The Balaban J connectivity index is 1.75. The molecule has 0 aliphatic carbocycles. The first-order valence-electron chi connectivity index (χ1n) is 10.2. The Labute approximate surface area is 179 Å². The van der Waals surface area contributed by atoms with Gasteiger partial charge in [0, 0.05) is 37.7 Å². The van der Waals surface area contributed by atoms with Crippen molar-refractivity contribution in [3.63, 3.8) is 0 Å². The van der Waals surface area contributed by atoms with Gasteiger partial charge in [-0.25, -0.2) is 4.98 Å². The standard InChI is InChI=1S/C24H30N4S/c1-4-21-12-7-10-20(3)23(21)26-24(29)28(15-8-14-27-16-13-25-18-27)17-22-11-6-5-9-19(22)2/h5-7,9-13,16,18H,4,8,14-15,17H2,1-3H3,(H,26,29). The smallest absolute Gasteiger partial charge is 0.173 e. The van der Waals surface area contributed by atoms with Crippen LogP contribution in [0.15, 0.2) is 61.2 Å². The van der Waals surface area contributed by atoms with E-state index in [0.29, 0.717) is 0 Å². The molecule has 0 spiro atoms. The van der Waals surface area contributed by atoms with Crippen molar-refractivity contribution in [2.24, 2.45) is 0 Å². The van der Waals surface area contributed by atoms with Crippen LogP contribution in [0.3, 0.4) is 0 Å². The number of nitrogens with zero attached hydrogens (tertiary/aromatic N) is 3. The third-order valence-electron chi connectivity index (χ3n) is 5.29. The molecule has 0 atom stereocenters. The molecule has 1 heterocycles. The highest BCUT2D eigenvalue weighted by Crippen LogP contribution is 2.22. The summed E-state index contributed by atoms with van der Waals surface area (Å²) in [7, 11) is 0. The summed E-state index contributed by atoms with van der Waals surface area (Å²) in [5.41, 5.74) is 6.26. The third kappa shape index (κ3) is 5.67. The SMILES string of the molecule is CCc1cccc(C)c1NC(=S)N(CCCn1ccnc1)Cc1ccccc1C. The zero-order chi connectivity index (χ0) is 20.6. The van der Waals surface area contributed by atoms with Crippen LogP contribution in [0.5, 0.6) is 0 Å². The van der Waals surface area contributed by atoms with Gasteiger partial charge in [0.25, 0.3) is 0 Å². The molecule has 1 aromatic heterocycles. The summed E-state index contributed by atoms with van der Waals surface area (Å²) < 4.78 is 2.11. The molecule has 0 aliphatic heterocycles. The van der Waals surface area contributed by atoms with Crippen molar-refractivity contribution in [1.82, 2.24) is 14.5 Å². The number of hydrogen-bond donors (Lipinski definition) is 1. The lowest BCUT2D eigenvalue weighted by molar-refractivity contribution is 0.395. The molecule has 0 radical (unpaired) electrons. The second-order valence-corrected chi connectivity index (χ2v) is 7.78. The number of nitrogens with one attached hydrogen (secondary N) is 1. The largest absolute Gasteiger partial charge is 0.345 e. The molecule has 0 amide bonds. The summed E-state index contributed by atoms with van der Waals surface area (Å²) in [6, 6.07) is 14.9.